The lowest BCUT2D eigenvalue weighted by Gasteiger charge is -2.35. The SMILES string of the molecule is CCCNC1CCCC1CN1CCCC(OC)C1. The van der Waals surface area contributed by atoms with Crippen LogP contribution in [0.3, 0.4) is 0 Å². The van der Waals surface area contributed by atoms with Gasteiger partial charge in [-0.05, 0) is 51.1 Å². The van der Waals surface area contributed by atoms with Crippen LogP contribution >= 0.6 is 0 Å². The minimum Gasteiger partial charge on any atom is -0.380 e. The Balaban J connectivity index is 1.76. The van der Waals surface area contributed by atoms with E-state index >= 15 is 0 Å². The maximum atomic E-state index is 5.52. The normalized spacial score (nSPS) is 34.0. The third kappa shape index (κ3) is 3.94. The van der Waals surface area contributed by atoms with E-state index < -0.39 is 0 Å². The molecule has 106 valence electrons. The summed E-state index contributed by atoms with van der Waals surface area (Å²) >= 11 is 0. The molecule has 1 aliphatic heterocycles. The number of hydrogen-bond donors (Lipinski definition) is 1. The molecule has 3 unspecified atom stereocenters. The highest BCUT2D eigenvalue weighted by molar-refractivity contribution is 4.86. The van der Waals surface area contributed by atoms with Crippen LogP contribution in [0.4, 0.5) is 0 Å². The van der Waals surface area contributed by atoms with E-state index in [2.05, 4.69) is 17.1 Å². The Hall–Kier alpha value is -0.120. The Kier molecular flexibility index (Phi) is 5.93. The molecule has 0 amide bonds. The number of nitrogens with zero attached hydrogens (tertiary/aromatic N) is 1. The first kappa shape index (κ1) is 14.3. The highest BCUT2D eigenvalue weighted by atomic mass is 16.5. The van der Waals surface area contributed by atoms with Gasteiger partial charge >= 0.3 is 0 Å². The van der Waals surface area contributed by atoms with Crippen LogP contribution in [0.1, 0.15) is 45.4 Å². The fourth-order valence-corrected chi connectivity index (χ4v) is 3.56. The first-order chi connectivity index (χ1) is 8.83. The molecule has 1 heterocycles. The first-order valence-electron chi connectivity index (χ1n) is 7.82. The van der Waals surface area contributed by atoms with Crippen molar-refractivity contribution in [1.29, 1.82) is 0 Å². The molecule has 1 saturated carbocycles. The van der Waals surface area contributed by atoms with Crippen LogP contribution in [0.2, 0.25) is 0 Å². The van der Waals surface area contributed by atoms with Crippen LogP contribution < -0.4 is 5.32 Å². The number of piperidine rings is 1. The van der Waals surface area contributed by atoms with Gasteiger partial charge in [-0.2, -0.15) is 0 Å². The second-order valence-electron chi connectivity index (χ2n) is 6.01. The quantitative estimate of drug-likeness (QED) is 0.787. The lowest BCUT2D eigenvalue weighted by atomic mass is 10.00. The van der Waals surface area contributed by atoms with E-state index in [0.29, 0.717) is 6.10 Å². The van der Waals surface area contributed by atoms with Crippen molar-refractivity contribution in [3.8, 4) is 0 Å². The highest BCUT2D eigenvalue weighted by Crippen LogP contribution is 2.27. The van der Waals surface area contributed by atoms with Crippen molar-refractivity contribution < 1.29 is 4.74 Å². The topological polar surface area (TPSA) is 24.5 Å². The highest BCUT2D eigenvalue weighted by Gasteiger charge is 2.30. The van der Waals surface area contributed by atoms with Crippen LogP contribution in [-0.4, -0.2) is 50.3 Å². The van der Waals surface area contributed by atoms with Gasteiger partial charge in [-0.3, -0.25) is 0 Å². The van der Waals surface area contributed by atoms with Crippen molar-refractivity contribution in [2.45, 2.75) is 57.6 Å². The molecule has 2 rings (SSSR count). The number of hydrogen-bond acceptors (Lipinski definition) is 3. The standard InChI is InChI=1S/C15H30N2O/c1-3-9-16-15-8-4-6-13(15)11-17-10-5-7-14(12-17)18-2/h13-16H,3-12H2,1-2H3. The fourth-order valence-electron chi connectivity index (χ4n) is 3.56. The van der Waals surface area contributed by atoms with Gasteiger partial charge in [0, 0.05) is 26.2 Å². The largest absolute Gasteiger partial charge is 0.380 e. The van der Waals surface area contributed by atoms with Gasteiger partial charge in [-0.25, -0.2) is 0 Å². The van der Waals surface area contributed by atoms with Gasteiger partial charge in [0.1, 0.15) is 0 Å². The molecule has 1 saturated heterocycles. The molecule has 2 aliphatic rings. The Morgan fingerprint density at radius 3 is 2.89 bits per heavy atom. The second-order valence-corrected chi connectivity index (χ2v) is 6.01. The molecule has 1 N–H and O–H groups in total. The first-order valence-corrected chi connectivity index (χ1v) is 7.82. The Labute approximate surface area is 112 Å². The van der Waals surface area contributed by atoms with Crippen molar-refractivity contribution in [3.05, 3.63) is 0 Å². The summed E-state index contributed by atoms with van der Waals surface area (Å²) in [6, 6.07) is 0.771. The molecule has 1 aliphatic carbocycles. The van der Waals surface area contributed by atoms with E-state index in [4.69, 9.17) is 4.74 Å². The number of rotatable bonds is 6. The monoisotopic (exact) mass is 254 g/mol. The van der Waals surface area contributed by atoms with Crippen LogP contribution in [0.15, 0.2) is 0 Å². The van der Waals surface area contributed by atoms with Gasteiger partial charge in [-0.15, -0.1) is 0 Å². The Morgan fingerprint density at radius 2 is 2.11 bits per heavy atom. The van der Waals surface area contributed by atoms with Crippen molar-refractivity contribution in [3.63, 3.8) is 0 Å². The van der Waals surface area contributed by atoms with E-state index in [1.54, 1.807) is 0 Å². The summed E-state index contributed by atoms with van der Waals surface area (Å²) < 4.78 is 5.52. The van der Waals surface area contributed by atoms with Crippen molar-refractivity contribution in [2.24, 2.45) is 5.92 Å². The van der Waals surface area contributed by atoms with E-state index in [1.807, 2.05) is 7.11 Å². The maximum Gasteiger partial charge on any atom is 0.0698 e. The number of methoxy groups -OCH3 is 1. The minimum atomic E-state index is 0.474. The second kappa shape index (κ2) is 7.46. The minimum absolute atomic E-state index is 0.474. The summed E-state index contributed by atoms with van der Waals surface area (Å²) in [4.78, 5) is 2.63. The van der Waals surface area contributed by atoms with Gasteiger partial charge in [0.25, 0.3) is 0 Å². The predicted molar refractivity (Wildman–Crippen MR) is 75.9 cm³/mol. The van der Waals surface area contributed by atoms with Crippen molar-refractivity contribution >= 4 is 0 Å². The number of nitrogens with one attached hydrogen (secondary N) is 1. The molecule has 3 nitrogen and oxygen atoms in total. The molecule has 0 aromatic heterocycles. The van der Waals surface area contributed by atoms with Gasteiger partial charge < -0.3 is 15.0 Å². The fraction of sp³-hybridized carbons (Fsp3) is 1.00. The van der Waals surface area contributed by atoms with Crippen LogP contribution in [0.5, 0.6) is 0 Å². The molecule has 2 fully saturated rings. The summed E-state index contributed by atoms with van der Waals surface area (Å²) in [5.74, 6) is 0.868. The molecule has 0 aromatic carbocycles. The smallest absolute Gasteiger partial charge is 0.0698 e. The summed E-state index contributed by atoms with van der Waals surface area (Å²) in [5.41, 5.74) is 0. The van der Waals surface area contributed by atoms with Crippen LogP contribution in [0, 0.1) is 5.92 Å². The molecule has 0 spiro atoms. The van der Waals surface area contributed by atoms with Gasteiger partial charge in [0.15, 0.2) is 0 Å². The van der Waals surface area contributed by atoms with Gasteiger partial charge in [-0.1, -0.05) is 13.3 Å². The zero-order valence-corrected chi connectivity index (χ0v) is 12.2. The zero-order chi connectivity index (χ0) is 12.8. The molecule has 18 heavy (non-hydrogen) atoms. The van der Waals surface area contributed by atoms with E-state index in [9.17, 15) is 0 Å². The van der Waals surface area contributed by atoms with E-state index in [0.717, 1.165) is 18.5 Å². The summed E-state index contributed by atoms with van der Waals surface area (Å²) in [7, 11) is 1.86. The maximum absolute atomic E-state index is 5.52. The molecular weight excluding hydrogens is 224 g/mol. The average molecular weight is 254 g/mol. The average Bonchev–Trinajstić information content (AvgIpc) is 2.84. The van der Waals surface area contributed by atoms with Crippen molar-refractivity contribution in [2.75, 3.05) is 33.3 Å². The van der Waals surface area contributed by atoms with Crippen LogP contribution in [-0.2, 0) is 4.74 Å². The predicted octanol–water partition coefficient (Wildman–Crippen LogP) is 2.27. The Bertz CT molecular complexity index is 235. The number of likely N-dealkylation sites (tertiary alicyclic amines) is 1. The Morgan fingerprint density at radius 1 is 1.22 bits per heavy atom. The molecule has 0 radical (unpaired) electrons. The third-order valence-corrected chi connectivity index (χ3v) is 4.60. The third-order valence-electron chi connectivity index (χ3n) is 4.60. The summed E-state index contributed by atoms with van der Waals surface area (Å²) in [5, 5.41) is 3.74. The molecule has 3 heteroatoms. The van der Waals surface area contributed by atoms with Crippen LogP contribution in [0.25, 0.3) is 0 Å². The summed E-state index contributed by atoms with van der Waals surface area (Å²) in [6.07, 6.45) is 8.48. The molecule has 3 atom stereocenters. The zero-order valence-electron chi connectivity index (χ0n) is 12.2. The van der Waals surface area contributed by atoms with Gasteiger partial charge in [0.05, 0.1) is 6.10 Å². The lowest BCUT2D eigenvalue weighted by molar-refractivity contribution is 0.0247. The summed E-state index contributed by atoms with van der Waals surface area (Å²) in [6.45, 7) is 7.14. The van der Waals surface area contributed by atoms with Crippen molar-refractivity contribution in [1.82, 2.24) is 10.2 Å². The van der Waals surface area contributed by atoms with E-state index in [1.165, 1.54) is 58.2 Å². The molecule has 0 bridgehead atoms. The lowest BCUT2D eigenvalue weighted by Crippen LogP contribution is -2.45. The van der Waals surface area contributed by atoms with Gasteiger partial charge in [0.2, 0.25) is 0 Å². The number of ether oxygens (including phenoxy) is 1. The van der Waals surface area contributed by atoms with E-state index in [-0.39, 0.29) is 0 Å². The molecular formula is C15H30N2O. The molecule has 0 aromatic rings.